The van der Waals surface area contributed by atoms with Gasteiger partial charge in [-0.05, 0) is 44.0 Å². The van der Waals surface area contributed by atoms with Gasteiger partial charge < -0.3 is 23.5 Å². The lowest BCUT2D eigenvalue weighted by molar-refractivity contribution is -0.0392. The van der Waals surface area contributed by atoms with Crippen molar-refractivity contribution in [3.8, 4) is 11.5 Å². The van der Waals surface area contributed by atoms with Crippen molar-refractivity contribution in [2.75, 3.05) is 20.7 Å². The van der Waals surface area contributed by atoms with Crippen molar-refractivity contribution in [2.24, 2.45) is 5.92 Å². The normalized spacial score (nSPS) is 30.7. The largest absolute Gasteiger partial charge is 0.493 e. The number of rotatable bonds is 3. The molecule has 154 valence electrons. The summed E-state index contributed by atoms with van der Waals surface area (Å²) in [7, 11) is 3.85. The lowest BCUT2D eigenvalue weighted by atomic mass is 9.59. The molecule has 0 radical (unpaired) electrons. The first-order chi connectivity index (χ1) is 14.0. The third-order valence-corrected chi connectivity index (χ3v) is 6.96. The van der Waals surface area contributed by atoms with Crippen LogP contribution in [0.4, 0.5) is 0 Å². The summed E-state index contributed by atoms with van der Waals surface area (Å²) in [5.74, 6) is 1.62. The van der Waals surface area contributed by atoms with Crippen LogP contribution in [-0.2, 0) is 16.7 Å². The molecule has 0 amide bonds. The molecular weight excluding hydrogens is 372 g/mol. The Morgan fingerprint density at radius 1 is 1.34 bits per heavy atom. The van der Waals surface area contributed by atoms with Gasteiger partial charge in [-0.2, -0.15) is 0 Å². The standard InChI is InChI=1S/C22H26N2O5/c1-13-8-15(28-21(25)17-10-23-12-27-17)9-18-22(13)6-7-24(2)11-14-4-5-16(26-3)20(29-18)19(14)22/h4-5,10,12-13,15,18H,6-9,11H2,1-3H3/t13?,15-,18?,22+/m0/s1. The molecule has 4 atom stereocenters. The van der Waals surface area contributed by atoms with Gasteiger partial charge in [0.25, 0.3) is 0 Å². The van der Waals surface area contributed by atoms with Crippen molar-refractivity contribution in [1.82, 2.24) is 9.88 Å². The van der Waals surface area contributed by atoms with Crippen LogP contribution < -0.4 is 9.47 Å². The van der Waals surface area contributed by atoms with Crippen molar-refractivity contribution in [1.29, 1.82) is 0 Å². The van der Waals surface area contributed by atoms with Gasteiger partial charge >= 0.3 is 5.97 Å². The predicted octanol–water partition coefficient (Wildman–Crippen LogP) is 3.17. The van der Waals surface area contributed by atoms with E-state index in [-0.39, 0.29) is 23.4 Å². The summed E-state index contributed by atoms with van der Waals surface area (Å²) in [6, 6.07) is 4.18. The van der Waals surface area contributed by atoms with Crippen LogP contribution in [0, 0.1) is 5.92 Å². The van der Waals surface area contributed by atoms with Crippen LogP contribution in [0.25, 0.3) is 0 Å². The van der Waals surface area contributed by atoms with E-state index in [4.69, 9.17) is 18.6 Å². The van der Waals surface area contributed by atoms with E-state index >= 15 is 0 Å². The number of esters is 1. The molecule has 7 nitrogen and oxygen atoms in total. The zero-order valence-electron chi connectivity index (χ0n) is 17.0. The van der Waals surface area contributed by atoms with Gasteiger partial charge in [0.15, 0.2) is 17.9 Å². The first-order valence-corrected chi connectivity index (χ1v) is 10.2. The van der Waals surface area contributed by atoms with Crippen molar-refractivity contribution in [2.45, 2.75) is 50.4 Å². The Labute approximate surface area is 169 Å². The number of hydrogen-bond acceptors (Lipinski definition) is 7. The van der Waals surface area contributed by atoms with Crippen LogP contribution in [0.2, 0.25) is 0 Å². The third kappa shape index (κ3) is 2.74. The molecule has 3 aliphatic rings. The second-order valence-electron chi connectivity index (χ2n) is 8.53. The highest BCUT2D eigenvalue weighted by atomic mass is 16.6. The van der Waals surface area contributed by atoms with E-state index < -0.39 is 5.97 Å². The summed E-state index contributed by atoms with van der Waals surface area (Å²) in [5.41, 5.74) is 2.53. The van der Waals surface area contributed by atoms with Gasteiger partial charge in [-0.3, -0.25) is 0 Å². The Kier molecular flexibility index (Phi) is 4.31. The first-order valence-electron chi connectivity index (χ1n) is 10.2. The number of ether oxygens (including phenoxy) is 3. The molecule has 2 aliphatic heterocycles. The fraction of sp³-hybridized carbons (Fsp3) is 0.545. The Hall–Kier alpha value is -2.54. The molecule has 2 aromatic rings. The lowest BCUT2D eigenvalue weighted by Crippen LogP contribution is -2.52. The van der Waals surface area contributed by atoms with Gasteiger partial charge in [-0.1, -0.05) is 13.0 Å². The fourth-order valence-corrected chi connectivity index (χ4v) is 5.59. The molecule has 1 saturated carbocycles. The Balaban J connectivity index is 1.49. The zero-order valence-corrected chi connectivity index (χ0v) is 17.0. The number of methoxy groups -OCH3 is 1. The quantitative estimate of drug-likeness (QED) is 0.735. The van der Waals surface area contributed by atoms with E-state index in [9.17, 15) is 4.79 Å². The maximum Gasteiger partial charge on any atom is 0.376 e. The van der Waals surface area contributed by atoms with E-state index in [0.29, 0.717) is 12.3 Å². The monoisotopic (exact) mass is 398 g/mol. The highest BCUT2D eigenvalue weighted by Crippen LogP contribution is 2.59. The van der Waals surface area contributed by atoms with E-state index in [0.717, 1.165) is 37.4 Å². The molecule has 2 unspecified atom stereocenters. The van der Waals surface area contributed by atoms with E-state index in [1.807, 2.05) is 6.07 Å². The average molecular weight is 398 g/mol. The zero-order chi connectivity index (χ0) is 20.2. The predicted molar refractivity (Wildman–Crippen MR) is 104 cm³/mol. The van der Waals surface area contributed by atoms with Crippen molar-refractivity contribution in [3.05, 3.63) is 41.6 Å². The molecule has 0 N–H and O–H groups in total. The Bertz CT molecular complexity index is 928. The highest BCUT2D eigenvalue weighted by Gasteiger charge is 2.58. The van der Waals surface area contributed by atoms with Crippen LogP contribution in [-0.4, -0.2) is 48.8 Å². The molecule has 1 aromatic heterocycles. The summed E-state index contributed by atoms with van der Waals surface area (Å²) >= 11 is 0. The van der Waals surface area contributed by atoms with Crippen molar-refractivity contribution in [3.63, 3.8) is 0 Å². The van der Waals surface area contributed by atoms with Crippen molar-refractivity contribution < 1.29 is 23.4 Å². The molecule has 5 rings (SSSR count). The molecule has 1 spiro atoms. The van der Waals surface area contributed by atoms with Gasteiger partial charge in [-0.15, -0.1) is 0 Å². The molecule has 3 heterocycles. The summed E-state index contributed by atoms with van der Waals surface area (Å²) in [6.45, 7) is 4.17. The third-order valence-electron chi connectivity index (χ3n) is 6.96. The topological polar surface area (TPSA) is 74.0 Å². The van der Waals surface area contributed by atoms with Gasteiger partial charge in [0.05, 0.1) is 13.3 Å². The van der Waals surface area contributed by atoms with Gasteiger partial charge in [0, 0.05) is 23.9 Å². The minimum Gasteiger partial charge on any atom is -0.493 e. The smallest absolute Gasteiger partial charge is 0.376 e. The van der Waals surface area contributed by atoms with Gasteiger partial charge in [-0.25, -0.2) is 9.78 Å². The Morgan fingerprint density at radius 3 is 2.97 bits per heavy atom. The lowest BCUT2D eigenvalue weighted by Gasteiger charge is -2.46. The van der Waals surface area contributed by atoms with E-state index in [1.54, 1.807) is 7.11 Å². The maximum atomic E-state index is 12.4. The summed E-state index contributed by atoms with van der Waals surface area (Å²) < 4.78 is 23.0. The number of carbonyl (C=O) groups excluding carboxylic acids is 1. The molecule has 0 saturated heterocycles. The van der Waals surface area contributed by atoms with Crippen molar-refractivity contribution >= 4 is 5.97 Å². The molecule has 29 heavy (non-hydrogen) atoms. The molecule has 7 heteroatoms. The van der Waals surface area contributed by atoms with E-state index in [1.165, 1.54) is 23.7 Å². The second kappa shape index (κ2) is 6.76. The molecule has 1 fully saturated rings. The number of oxazole rings is 1. The molecule has 0 bridgehead atoms. The van der Waals surface area contributed by atoms with Crippen LogP contribution in [0.1, 0.15) is 47.9 Å². The maximum absolute atomic E-state index is 12.4. The van der Waals surface area contributed by atoms with E-state index in [2.05, 4.69) is 29.9 Å². The highest BCUT2D eigenvalue weighted by molar-refractivity contribution is 5.85. The minimum atomic E-state index is -0.468. The first kappa shape index (κ1) is 18.5. The molecule has 1 aliphatic carbocycles. The molecule has 1 aromatic carbocycles. The number of nitrogens with zero attached hydrogens (tertiary/aromatic N) is 2. The number of benzene rings is 1. The number of hydrogen-bond donors (Lipinski definition) is 0. The SMILES string of the molecule is COc1ccc2c3c1OC1C[C@@H](OC(=O)c4cnco4)CC(C)[C@@]31CCN(C)C2. The van der Waals surface area contributed by atoms with Crippen LogP contribution in [0.5, 0.6) is 11.5 Å². The van der Waals surface area contributed by atoms with Crippen LogP contribution in [0.3, 0.4) is 0 Å². The number of aromatic nitrogens is 1. The minimum absolute atomic E-state index is 0.0460. The Morgan fingerprint density at radius 2 is 2.21 bits per heavy atom. The number of carbonyl (C=O) groups is 1. The average Bonchev–Trinajstić information content (AvgIpc) is 3.30. The molecular formula is C22H26N2O5. The van der Waals surface area contributed by atoms with Gasteiger partial charge in [0.1, 0.15) is 12.2 Å². The fourth-order valence-electron chi connectivity index (χ4n) is 5.59. The van der Waals surface area contributed by atoms with Crippen LogP contribution in [0.15, 0.2) is 29.1 Å². The van der Waals surface area contributed by atoms with Crippen LogP contribution >= 0.6 is 0 Å². The summed E-state index contributed by atoms with van der Waals surface area (Å²) in [4.78, 5) is 18.5. The van der Waals surface area contributed by atoms with Gasteiger partial charge in [0.2, 0.25) is 5.76 Å². The second-order valence-corrected chi connectivity index (χ2v) is 8.53. The summed E-state index contributed by atoms with van der Waals surface area (Å²) in [5, 5.41) is 0. The summed E-state index contributed by atoms with van der Waals surface area (Å²) in [6.07, 6.45) is 4.83.